The molecule has 152 valence electrons. The van der Waals surface area contributed by atoms with E-state index in [2.05, 4.69) is 5.32 Å². The Morgan fingerprint density at radius 3 is 2.47 bits per heavy atom. The summed E-state index contributed by atoms with van der Waals surface area (Å²) in [6, 6.07) is 16.1. The molecule has 1 aliphatic heterocycles. The van der Waals surface area contributed by atoms with Gasteiger partial charge in [-0.15, -0.1) is 11.3 Å². The van der Waals surface area contributed by atoms with E-state index >= 15 is 0 Å². The third kappa shape index (κ3) is 3.69. The second-order valence-electron chi connectivity index (χ2n) is 7.00. The highest BCUT2D eigenvalue weighted by Crippen LogP contribution is 2.24. The van der Waals surface area contributed by atoms with Gasteiger partial charge in [-0.05, 0) is 34.7 Å². The Balaban J connectivity index is 1.45. The fourth-order valence-corrected chi connectivity index (χ4v) is 4.22. The summed E-state index contributed by atoms with van der Waals surface area (Å²) < 4.78 is 0. The maximum absolute atomic E-state index is 12.6. The lowest BCUT2D eigenvalue weighted by atomic mass is 10.00. The van der Waals surface area contributed by atoms with Gasteiger partial charge < -0.3 is 5.32 Å². The highest BCUT2D eigenvalue weighted by molar-refractivity contribution is 7.09. The molecule has 0 radical (unpaired) electrons. The third-order valence-electron chi connectivity index (χ3n) is 5.00. The van der Waals surface area contributed by atoms with Crippen molar-refractivity contribution in [2.45, 2.75) is 19.5 Å². The molecule has 4 rings (SSSR count). The average molecular weight is 421 g/mol. The van der Waals surface area contributed by atoms with Crippen molar-refractivity contribution in [3.8, 4) is 0 Å². The van der Waals surface area contributed by atoms with Crippen molar-refractivity contribution in [1.29, 1.82) is 0 Å². The number of hydrogen-bond donors (Lipinski definition) is 1. The number of nitrogens with one attached hydrogen (secondary N) is 1. The van der Waals surface area contributed by atoms with Crippen LogP contribution in [0.25, 0.3) is 10.8 Å². The molecule has 1 N–H and O–H groups in total. The van der Waals surface area contributed by atoms with Gasteiger partial charge in [-0.1, -0.05) is 48.5 Å². The summed E-state index contributed by atoms with van der Waals surface area (Å²) in [5.74, 6) is -2.41. The molecule has 1 saturated heterocycles. The van der Waals surface area contributed by atoms with Gasteiger partial charge in [0.25, 0.3) is 0 Å². The summed E-state index contributed by atoms with van der Waals surface area (Å²) in [6.07, 6.45) is 0. The molecule has 7 nitrogen and oxygen atoms in total. The zero-order valence-corrected chi connectivity index (χ0v) is 17.0. The molecule has 1 fully saturated rings. The molecule has 1 atom stereocenters. The molecule has 0 saturated carbocycles. The molecule has 2 aromatic carbocycles. The van der Waals surface area contributed by atoms with Crippen molar-refractivity contribution in [2.24, 2.45) is 0 Å². The van der Waals surface area contributed by atoms with Crippen LogP contribution in [0.1, 0.15) is 23.4 Å². The Morgan fingerprint density at radius 2 is 1.70 bits per heavy atom. The van der Waals surface area contributed by atoms with E-state index in [0.29, 0.717) is 4.90 Å². The number of fused-ring (bicyclic) bond motifs is 1. The van der Waals surface area contributed by atoms with Crippen LogP contribution in [0.2, 0.25) is 0 Å². The van der Waals surface area contributed by atoms with E-state index in [-0.39, 0.29) is 12.6 Å². The minimum Gasteiger partial charge on any atom is -0.348 e. The monoisotopic (exact) mass is 421 g/mol. The SMILES string of the molecule is CC(NC(=O)CN1C(=O)C(=O)N(Cc2cccs2)C1=O)c1cccc2ccccc12. The quantitative estimate of drug-likeness (QED) is 0.490. The van der Waals surface area contributed by atoms with Crippen LogP contribution in [0, 0.1) is 0 Å². The molecule has 0 spiro atoms. The van der Waals surface area contributed by atoms with Crippen LogP contribution in [0.4, 0.5) is 4.79 Å². The molecule has 2 heterocycles. The smallest absolute Gasteiger partial charge is 0.335 e. The van der Waals surface area contributed by atoms with E-state index in [9.17, 15) is 19.2 Å². The lowest BCUT2D eigenvalue weighted by Crippen LogP contribution is -2.42. The number of thiophene rings is 1. The van der Waals surface area contributed by atoms with E-state index < -0.39 is 30.3 Å². The van der Waals surface area contributed by atoms with Crippen LogP contribution in [-0.2, 0) is 20.9 Å². The van der Waals surface area contributed by atoms with Crippen LogP contribution < -0.4 is 5.32 Å². The molecular weight excluding hydrogens is 402 g/mol. The lowest BCUT2D eigenvalue weighted by Gasteiger charge is -2.19. The normalized spacial score (nSPS) is 15.2. The maximum Gasteiger partial charge on any atom is 0.335 e. The van der Waals surface area contributed by atoms with Gasteiger partial charge in [-0.2, -0.15) is 0 Å². The number of carbonyl (C=O) groups is 4. The first-order valence-corrected chi connectivity index (χ1v) is 10.3. The zero-order valence-electron chi connectivity index (χ0n) is 16.2. The van der Waals surface area contributed by atoms with Crippen molar-refractivity contribution in [3.63, 3.8) is 0 Å². The van der Waals surface area contributed by atoms with Crippen LogP contribution in [0.15, 0.2) is 60.0 Å². The Kier molecular flexibility index (Phi) is 5.33. The summed E-state index contributed by atoms with van der Waals surface area (Å²) in [5.41, 5.74) is 0.927. The highest BCUT2D eigenvalue weighted by Gasteiger charge is 2.45. The lowest BCUT2D eigenvalue weighted by molar-refractivity contribution is -0.144. The van der Waals surface area contributed by atoms with E-state index in [0.717, 1.165) is 26.1 Å². The number of urea groups is 1. The van der Waals surface area contributed by atoms with Gasteiger partial charge in [0.2, 0.25) is 5.91 Å². The van der Waals surface area contributed by atoms with Crippen molar-refractivity contribution >= 4 is 45.9 Å². The molecule has 0 aliphatic carbocycles. The van der Waals surface area contributed by atoms with Gasteiger partial charge in [0.1, 0.15) is 6.54 Å². The molecule has 1 unspecified atom stereocenters. The van der Waals surface area contributed by atoms with Crippen molar-refractivity contribution in [1.82, 2.24) is 15.1 Å². The van der Waals surface area contributed by atoms with E-state index in [1.54, 1.807) is 12.1 Å². The van der Waals surface area contributed by atoms with Crippen molar-refractivity contribution < 1.29 is 19.2 Å². The molecule has 0 bridgehead atoms. The minimum absolute atomic E-state index is 0.0194. The molecule has 5 amide bonds. The zero-order chi connectivity index (χ0) is 21.3. The van der Waals surface area contributed by atoms with Gasteiger partial charge in [0.05, 0.1) is 12.6 Å². The van der Waals surface area contributed by atoms with Gasteiger partial charge in [0.15, 0.2) is 0 Å². The number of amides is 5. The molecule has 30 heavy (non-hydrogen) atoms. The number of carbonyl (C=O) groups excluding carboxylic acids is 4. The fraction of sp³-hybridized carbons (Fsp3) is 0.182. The Hall–Kier alpha value is -3.52. The highest BCUT2D eigenvalue weighted by atomic mass is 32.1. The second-order valence-corrected chi connectivity index (χ2v) is 8.03. The topological polar surface area (TPSA) is 86.8 Å². The molecule has 1 aromatic heterocycles. The predicted octanol–water partition coefficient (Wildman–Crippen LogP) is 3.07. The summed E-state index contributed by atoms with van der Waals surface area (Å²) in [4.78, 5) is 51.9. The second kappa shape index (κ2) is 8.08. The van der Waals surface area contributed by atoms with Crippen LogP contribution in [0.5, 0.6) is 0 Å². The molecule has 8 heteroatoms. The molecular formula is C22H19N3O4S. The summed E-state index contributed by atoms with van der Waals surface area (Å²) in [5, 5.41) is 6.70. The predicted molar refractivity (Wildman–Crippen MR) is 112 cm³/mol. The summed E-state index contributed by atoms with van der Waals surface area (Å²) in [7, 11) is 0. The Labute approximate surface area is 176 Å². The van der Waals surface area contributed by atoms with Gasteiger partial charge in [-0.3, -0.25) is 19.3 Å². The number of rotatable bonds is 6. The van der Waals surface area contributed by atoms with E-state index in [4.69, 9.17) is 0 Å². The minimum atomic E-state index is -0.982. The third-order valence-corrected chi connectivity index (χ3v) is 5.86. The van der Waals surface area contributed by atoms with Gasteiger partial charge in [-0.25, -0.2) is 9.69 Å². The number of hydrogen-bond acceptors (Lipinski definition) is 5. The first-order chi connectivity index (χ1) is 14.5. The average Bonchev–Trinajstić information content (AvgIpc) is 3.33. The van der Waals surface area contributed by atoms with Crippen LogP contribution >= 0.6 is 11.3 Å². The standard InChI is InChI=1S/C22H19N3O4S/c1-14(17-10-4-7-15-6-2-3-9-18(15)17)23-19(26)13-25-21(28)20(27)24(22(25)29)12-16-8-5-11-30-16/h2-11,14H,12-13H2,1H3,(H,23,26). The van der Waals surface area contributed by atoms with Crippen molar-refractivity contribution in [3.05, 3.63) is 70.4 Å². The summed E-state index contributed by atoms with van der Waals surface area (Å²) in [6.45, 7) is 1.35. The number of nitrogens with zero attached hydrogens (tertiary/aromatic N) is 2. The van der Waals surface area contributed by atoms with Gasteiger partial charge in [0, 0.05) is 4.88 Å². The van der Waals surface area contributed by atoms with Gasteiger partial charge >= 0.3 is 17.8 Å². The maximum atomic E-state index is 12.6. The van der Waals surface area contributed by atoms with Crippen LogP contribution in [0.3, 0.4) is 0 Å². The van der Waals surface area contributed by atoms with Crippen LogP contribution in [-0.4, -0.2) is 40.1 Å². The van der Waals surface area contributed by atoms with E-state index in [1.807, 2.05) is 54.8 Å². The molecule has 1 aliphatic rings. The van der Waals surface area contributed by atoms with E-state index in [1.165, 1.54) is 11.3 Å². The Morgan fingerprint density at radius 1 is 0.967 bits per heavy atom. The largest absolute Gasteiger partial charge is 0.348 e. The molecule has 3 aromatic rings. The number of benzene rings is 2. The Bertz CT molecular complexity index is 1140. The fourth-order valence-electron chi connectivity index (χ4n) is 3.52. The number of imide groups is 2. The summed E-state index contributed by atoms with van der Waals surface area (Å²) >= 11 is 1.38. The first-order valence-electron chi connectivity index (χ1n) is 9.42. The first kappa shape index (κ1) is 19.8. The van der Waals surface area contributed by atoms with Crippen molar-refractivity contribution in [2.75, 3.05) is 6.54 Å².